The van der Waals surface area contributed by atoms with E-state index < -0.39 is 0 Å². The van der Waals surface area contributed by atoms with Crippen LogP contribution in [-0.2, 0) is 27.1 Å². The zero-order chi connectivity index (χ0) is 17.4. The van der Waals surface area contributed by atoms with Crippen LogP contribution < -0.4 is 4.90 Å². The maximum Gasteiger partial charge on any atom is 0.309 e. The molecule has 2 aromatic heterocycles. The number of aryl methyl sites for hydroxylation is 2. The average Bonchev–Trinajstić information content (AvgIpc) is 2.99. The SMILES string of the molecule is CCOC(=O)C1CCc2nc3c(N4CCOCC4)nc(C)cn3c2C1. The molecule has 1 fully saturated rings. The van der Waals surface area contributed by atoms with Gasteiger partial charge in [-0.1, -0.05) is 0 Å². The van der Waals surface area contributed by atoms with Gasteiger partial charge in [-0.3, -0.25) is 9.20 Å². The maximum absolute atomic E-state index is 12.2. The Morgan fingerprint density at radius 2 is 2.16 bits per heavy atom. The molecule has 0 saturated carbocycles. The number of imidazole rings is 1. The molecule has 0 bridgehead atoms. The maximum atomic E-state index is 12.2. The summed E-state index contributed by atoms with van der Waals surface area (Å²) in [4.78, 5) is 24.0. The zero-order valence-electron chi connectivity index (χ0n) is 14.8. The van der Waals surface area contributed by atoms with Crippen LogP contribution in [0.4, 0.5) is 5.82 Å². The van der Waals surface area contributed by atoms with Crippen LogP contribution in [0.5, 0.6) is 0 Å². The molecule has 1 aliphatic carbocycles. The predicted molar refractivity (Wildman–Crippen MR) is 92.9 cm³/mol. The number of morpholine rings is 1. The fourth-order valence-corrected chi connectivity index (χ4v) is 3.75. The Morgan fingerprint density at radius 1 is 1.36 bits per heavy atom. The molecule has 4 rings (SSSR count). The van der Waals surface area contributed by atoms with E-state index in [2.05, 4.69) is 9.30 Å². The van der Waals surface area contributed by atoms with Gasteiger partial charge in [0, 0.05) is 31.4 Å². The third-order valence-corrected chi connectivity index (χ3v) is 4.99. The van der Waals surface area contributed by atoms with Crippen molar-refractivity contribution in [3.05, 3.63) is 23.3 Å². The molecular weight excluding hydrogens is 320 g/mol. The lowest BCUT2D eigenvalue weighted by Crippen LogP contribution is -2.37. The number of carbonyl (C=O) groups is 1. The first-order valence-corrected chi connectivity index (χ1v) is 9.04. The Kier molecular flexibility index (Phi) is 4.33. The van der Waals surface area contributed by atoms with Gasteiger partial charge < -0.3 is 14.4 Å². The summed E-state index contributed by atoms with van der Waals surface area (Å²) in [6.07, 6.45) is 4.32. The summed E-state index contributed by atoms with van der Waals surface area (Å²) < 4.78 is 12.8. The topological polar surface area (TPSA) is 69.0 Å². The van der Waals surface area contributed by atoms with Crippen molar-refractivity contribution in [2.45, 2.75) is 33.1 Å². The van der Waals surface area contributed by atoms with Crippen molar-refractivity contribution in [3.63, 3.8) is 0 Å². The van der Waals surface area contributed by atoms with E-state index in [1.807, 2.05) is 20.0 Å². The van der Waals surface area contributed by atoms with Gasteiger partial charge in [0.05, 0.1) is 37.1 Å². The van der Waals surface area contributed by atoms with Crippen molar-refractivity contribution in [1.29, 1.82) is 0 Å². The first kappa shape index (κ1) is 16.3. The van der Waals surface area contributed by atoms with Crippen LogP contribution in [-0.4, -0.2) is 53.2 Å². The Balaban J connectivity index is 1.73. The van der Waals surface area contributed by atoms with E-state index in [1.54, 1.807) is 0 Å². The van der Waals surface area contributed by atoms with E-state index in [0.29, 0.717) is 26.2 Å². The average molecular weight is 344 g/mol. The lowest BCUT2D eigenvalue weighted by Gasteiger charge is -2.28. The quantitative estimate of drug-likeness (QED) is 0.787. The highest BCUT2D eigenvalue weighted by molar-refractivity contribution is 5.74. The molecule has 134 valence electrons. The second-order valence-electron chi connectivity index (χ2n) is 6.70. The number of nitrogens with zero attached hydrogens (tertiary/aromatic N) is 4. The van der Waals surface area contributed by atoms with E-state index in [9.17, 15) is 4.79 Å². The summed E-state index contributed by atoms with van der Waals surface area (Å²) in [5.41, 5.74) is 4.05. The van der Waals surface area contributed by atoms with Crippen molar-refractivity contribution in [2.75, 3.05) is 37.8 Å². The Labute approximate surface area is 147 Å². The van der Waals surface area contributed by atoms with Crippen LogP contribution >= 0.6 is 0 Å². The van der Waals surface area contributed by atoms with Gasteiger partial charge in [0.25, 0.3) is 0 Å². The number of aromatic nitrogens is 3. The van der Waals surface area contributed by atoms with Crippen molar-refractivity contribution in [3.8, 4) is 0 Å². The molecule has 1 unspecified atom stereocenters. The van der Waals surface area contributed by atoms with Gasteiger partial charge >= 0.3 is 5.97 Å². The van der Waals surface area contributed by atoms with Crippen LogP contribution in [0.25, 0.3) is 5.65 Å². The summed E-state index contributed by atoms with van der Waals surface area (Å²) in [5, 5.41) is 0. The molecule has 7 nitrogen and oxygen atoms in total. The number of rotatable bonds is 3. The number of hydrogen-bond acceptors (Lipinski definition) is 6. The summed E-state index contributed by atoms with van der Waals surface area (Å²) >= 11 is 0. The third-order valence-electron chi connectivity index (χ3n) is 4.99. The molecule has 7 heteroatoms. The lowest BCUT2D eigenvalue weighted by atomic mass is 9.90. The van der Waals surface area contributed by atoms with Crippen molar-refractivity contribution in [2.24, 2.45) is 5.92 Å². The van der Waals surface area contributed by atoms with Gasteiger partial charge in [-0.2, -0.15) is 0 Å². The molecule has 2 aliphatic rings. The first-order chi connectivity index (χ1) is 12.2. The van der Waals surface area contributed by atoms with Crippen LogP contribution in [0.1, 0.15) is 30.4 Å². The van der Waals surface area contributed by atoms with Crippen LogP contribution in [0, 0.1) is 12.8 Å². The smallest absolute Gasteiger partial charge is 0.309 e. The van der Waals surface area contributed by atoms with Gasteiger partial charge in [0.2, 0.25) is 0 Å². The minimum atomic E-state index is -0.0951. The van der Waals surface area contributed by atoms with Crippen molar-refractivity contribution >= 4 is 17.4 Å². The molecule has 0 N–H and O–H groups in total. The summed E-state index contributed by atoms with van der Waals surface area (Å²) in [6, 6.07) is 0. The van der Waals surface area contributed by atoms with Crippen molar-refractivity contribution < 1.29 is 14.3 Å². The summed E-state index contributed by atoms with van der Waals surface area (Å²) in [5.74, 6) is 0.750. The third kappa shape index (κ3) is 2.97. The minimum Gasteiger partial charge on any atom is -0.466 e. The molecule has 1 saturated heterocycles. The molecular formula is C18H24N4O3. The minimum absolute atomic E-state index is 0.0762. The van der Waals surface area contributed by atoms with E-state index in [-0.39, 0.29) is 11.9 Å². The van der Waals surface area contributed by atoms with Gasteiger partial charge in [0.1, 0.15) is 0 Å². The predicted octanol–water partition coefficient (Wildman–Crippen LogP) is 1.54. The van der Waals surface area contributed by atoms with E-state index >= 15 is 0 Å². The van der Waals surface area contributed by atoms with Gasteiger partial charge in [-0.25, -0.2) is 9.97 Å². The van der Waals surface area contributed by atoms with Crippen LogP contribution in [0.15, 0.2) is 6.20 Å². The highest BCUT2D eigenvalue weighted by Gasteiger charge is 2.30. The fraction of sp³-hybridized carbons (Fsp3) is 0.611. The van der Waals surface area contributed by atoms with Gasteiger partial charge in [-0.15, -0.1) is 0 Å². The summed E-state index contributed by atoms with van der Waals surface area (Å²) in [6.45, 7) is 7.37. The van der Waals surface area contributed by atoms with Gasteiger partial charge in [0.15, 0.2) is 11.5 Å². The number of carbonyl (C=O) groups excluding carboxylic acids is 1. The Bertz CT molecular complexity index is 795. The molecule has 2 aromatic rings. The molecule has 25 heavy (non-hydrogen) atoms. The number of esters is 1. The zero-order valence-corrected chi connectivity index (χ0v) is 14.8. The van der Waals surface area contributed by atoms with Gasteiger partial charge in [-0.05, 0) is 26.7 Å². The highest BCUT2D eigenvalue weighted by atomic mass is 16.5. The number of fused-ring (bicyclic) bond motifs is 3. The van der Waals surface area contributed by atoms with E-state index in [1.165, 1.54) is 0 Å². The second-order valence-corrected chi connectivity index (χ2v) is 6.70. The standard InChI is InChI=1S/C18H24N4O3/c1-3-25-18(23)13-4-5-14-15(10-13)22-11-12(2)19-16(17(22)20-14)21-6-8-24-9-7-21/h11,13H,3-10H2,1-2H3. The Morgan fingerprint density at radius 3 is 2.92 bits per heavy atom. The molecule has 1 aliphatic heterocycles. The monoisotopic (exact) mass is 344 g/mol. The fourth-order valence-electron chi connectivity index (χ4n) is 3.75. The number of hydrogen-bond donors (Lipinski definition) is 0. The Hall–Kier alpha value is -2.15. The molecule has 0 amide bonds. The molecule has 0 aromatic carbocycles. The van der Waals surface area contributed by atoms with Crippen LogP contribution in [0.2, 0.25) is 0 Å². The molecule has 3 heterocycles. The second kappa shape index (κ2) is 6.63. The van der Waals surface area contributed by atoms with Crippen LogP contribution in [0.3, 0.4) is 0 Å². The summed E-state index contributed by atoms with van der Waals surface area (Å²) in [7, 11) is 0. The molecule has 1 atom stereocenters. The van der Waals surface area contributed by atoms with E-state index in [0.717, 1.165) is 54.5 Å². The number of anilines is 1. The first-order valence-electron chi connectivity index (χ1n) is 9.04. The molecule has 0 spiro atoms. The normalized spacial score (nSPS) is 20.6. The largest absolute Gasteiger partial charge is 0.466 e. The lowest BCUT2D eigenvalue weighted by molar-refractivity contribution is -0.148. The van der Waals surface area contributed by atoms with Crippen molar-refractivity contribution in [1.82, 2.24) is 14.4 Å². The highest BCUT2D eigenvalue weighted by Crippen LogP contribution is 2.30. The molecule has 0 radical (unpaired) electrons. The van der Waals surface area contributed by atoms with E-state index in [4.69, 9.17) is 19.4 Å². The number of ether oxygens (including phenoxy) is 2.